The molecule has 0 amide bonds. The van der Waals surface area contributed by atoms with Gasteiger partial charge in [-0.25, -0.2) is 0 Å². The highest BCUT2D eigenvalue weighted by Crippen LogP contribution is 2.33. The van der Waals surface area contributed by atoms with Crippen molar-refractivity contribution in [3.63, 3.8) is 0 Å². The second kappa shape index (κ2) is 3.99. The number of rotatable bonds is 1. The molecule has 4 rings (SSSR count). The minimum atomic E-state index is 0.826. The third-order valence-corrected chi connectivity index (χ3v) is 4.76. The maximum atomic E-state index is 6.19. The molecule has 1 aliphatic heterocycles. The summed E-state index contributed by atoms with van der Waals surface area (Å²) in [6, 6.07) is 6.32. The molecule has 0 unspecified atom stereocenters. The van der Waals surface area contributed by atoms with Crippen LogP contribution in [0.2, 0.25) is 0 Å². The fourth-order valence-electron chi connectivity index (χ4n) is 2.73. The minimum Gasteiger partial charge on any atom is -0.397 e. The van der Waals surface area contributed by atoms with Gasteiger partial charge < -0.3 is 10.6 Å². The lowest BCUT2D eigenvalue weighted by atomic mass is 10.1. The molecule has 1 aliphatic rings. The summed E-state index contributed by atoms with van der Waals surface area (Å²) in [5.41, 5.74) is 10.6. The minimum absolute atomic E-state index is 0.826. The monoisotopic (exact) mass is 270 g/mol. The molecule has 0 fully saturated rings. The first kappa shape index (κ1) is 10.9. The molecular weight excluding hydrogens is 256 g/mol. The van der Waals surface area contributed by atoms with Gasteiger partial charge in [-0.15, -0.1) is 11.3 Å². The van der Waals surface area contributed by atoms with Gasteiger partial charge in [-0.05, 0) is 35.6 Å². The summed E-state index contributed by atoms with van der Waals surface area (Å²) in [5, 5.41) is 10.3. The van der Waals surface area contributed by atoms with Crippen LogP contribution in [-0.2, 0) is 13.0 Å². The van der Waals surface area contributed by atoms with Crippen molar-refractivity contribution in [1.29, 1.82) is 0 Å². The summed E-state index contributed by atoms with van der Waals surface area (Å²) in [5.74, 6) is 0. The average molecular weight is 270 g/mol. The van der Waals surface area contributed by atoms with E-state index >= 15 is 0 Å². The summed E-state index contributed by atoms with van der Waals surface area (Å²) in [6.45, 7) is 1.97. The number of H-pyrrole nitrogens is 1. The number of nitrogen functional groups attached to an aromatic ring is 1. The maximum Gasteiger partial charge on any atom is 0.0672 e. The number of nitrogens with one attached hydrogen (secondary N) is 1. The van der Waals surface area contributed by atoms with Crippen molar-refractivity contribution in [3.05, 3.63) is 40.2 Å². The SMILES string of the molecule is Nc1cc2cn[nH]c2cc1N1CCc2sccc2C1. The van der Waals surface area contributed by atoms with E-state index in [1.165, 1.54) is 10.4 Å². The quantitative estimate of drug-likeness (QED) is 0.668. The highest BCUT2D eigenvalue weighted by molar-refractivity contribution is 7.10. The number of thiophene rings is 1. The molecule has 96 valence electrons. The van der Waals surface area contributed by atoms with Gasteiger partial charge in [0.15, 0.2) is 0 Å². The third-order valence-electron chi connectivity index (χ3n) is 3.74. The van der Waals surface area contributed by atoms with Gasteiger partial charge in [-0.1, -0.05) is 0 Å². The molecule has 0 saturated heterocycles. The van der Waals surface area contributed by atoms with Crippen LogP contribution in [0.15, 0.2) is 29.8 Å². The van der Waals surface area contributed by atoms with Crippen LogP contribution in [0.3, 0.4) is 0 Å². The van der Waals surface area contributed by atoms with E-state index < -0.39 is 0 Å². The summed E-state index contributed by atoms with van der Waals surface area (Å²) in [7, 11) is 0. The number of benzene rings is 1. The second-order valence-electron chi connectivity index (χ2n) is 4.91. The van der Waals surface area contributed by atoms with Crippen molar-refractivity contribution in [2.24, 2.45) is 0 Å². The Hall–Kier alpha value is -2.01. The Labute approximate surface area is 114 Å². The van der Waals surface area contributed by atoms with Crippen molar-refractivity contribution in [1.82, 2.24) is 10.2 Å². The lowest BCUT2D eigenvalue weighted by Gasteiger charge is -2.30. The number of nitrogens with zero attached hydrogens (tertiary/aromatic N) is 2. The highest BCUT2D eigenvalue weighted by atomic mass is 32.1. The maximum absolute atomic E-state index is 6.19. The van der Waals surface area contributed by atoms with E-state index in [2.05, 4.69) is 32.6 Å². The number of hydrogen-bond donors (Lipinski definition) is 2. The van der Waals surface area contributed by atoms with E-state index in [9.17, 15) is 0 Å². The van der Waals surface area contributed by atoms with Gasteiger partial charge in [0.1, 0.15) is 0 Å². The lowest BCUT2D eigenvalue weighted by Crippen LogP contribution is -2.29. The smallest absolute Gasteiger partial charge is 0.0672 e. The van der Waals surface area contributed by atoms with E-state index in [0.717, 1.165) is 41.8 Å². The van der Waals surface area contributed by atoms with Crippen molar-refractivity contribution >= 4 is 33.6 Å². The van der Waals surface area contributed by atoms with E-state index in [1.54, 1.807) is 0 Å². The van der Waals surface area contributed by atoms with Crippen LogP contribution in [0.1, 0.15) is 10.4 Å². The molecule has 0 saturated carbocycles. The number of anilines is 2. The zero-order chi connectivity index (χ0) is 12.8. The van der Waals surface area contributed by atoms with Crippen molar-refractivity contribution in [2.45, 2.75) is 13.0 Å². The molecule has 3 N–H and O–H groups in total. The summed E-state index contributed by atoms with van der Waals surface area (Å²) in [4.78, 5) is 3.86. The average Bonchev–Trinajstić information content (AvgIpc) is 3.04. The first-order valence-electron chi connectivity index (χ1n) is 6.34. The first-order valence-corrected chi connectivity index (χ1v) is 7.22. The first-order chi connectivity index (χ1) is 9.31. The number of aromatic nitrogens is 2. The Morgan fingerprint density at radius 2 is 2.32 bits per heavy atom. The van der Waals surface area contributed by atoms with E-state index in [-0.39, 0.29) is 0 Å². The molecule has 3 aromatic rings. The largest absolute Gasteiger partial charge is 0.397 e. The Morgan fingerprint density at radius 3 is 3.26 bits per heavy atom. The third kappa shape index (κ3) is 1.69. The van der Waals surface area contributed by atoms with E-state index in [1.807, 2.05) is 23.6 Å². The molecule has 19 heavy (non-hydrogen) atoms. The molecule has 0 aliphatic carbocycles. The van der Waals surface area contributed by atoms with Gasteiger partial charge in [0.05, 0.1) is 23.1 Å². The molecule has 0 bridgehead atoms. The van der Waals surface area contributed by atoms with Crippen LogP contribution in [0.4, 0.5) is 11.4 Å². The number of nitrogens with two attached hydrogens (primary N) is 1. The van der Waals surface area contributed by atoms with Crippen LogP contribution in [0.25, 0.3) is 10.9 Å². The molecule has 0 spiro atoms. The molecule has 1 aromatic carbocycles. The fraction of sp³-hybridized carbons (Fsp3) is 0.214. The van der Waals surface area contributed by atoms with Crippen molar-refractivity contribution in [3.8, 4) is 0 Å². The Balaban J connectivity index is 1.76. The van der Waals surface area contributed by atoms with Gasteiger partial charge in [0.2, 0.25) is 0 Å². The normalized spacial score (nSPS) is 14.8. The molecule has 3 heterocycles. The Morgan fingerprint density at radius 1 is 1.37 bits per heavy atom. The van der Waals surface area contributed by atoms with Gasteiger partial charge in [0.25, 0.3) is 0 Å². The number of aromatic amines is 1. The molecule has 0 atom stereocenters. The van der Waals surface area contributed by atoms with Crippen LogP contribution in [0, 0.1) is 0 Å². The summed E-state index contributed by atoms with van der Waals surface area (Å²) >= 11 is 1.86. The molecule has 2 aromatic heterocycles. The van der Waals surface area contributed by atoms with E-state index in [0.29, 0.717) is 0 Å². The highest BCUT2D eigenvalue weighted by Gasteiger charge is 2.19. The molecule has 0 radical (unpaired) electrons. The van der Waals surface area contributed by atoms with E-state index in [4.69, 9.17) is 5.73 Å². The predicted octanol–water partition coefficient (Wildman–Crippen LogP) is 2.77. The van der Waals surface area contributed by atoms with Crippen LogP contribution < -0.4 is 10.6 Å². The summed E-state index contributed by atoms with van der Waals surface area (Å²) < 4.78 is 0. The van der Waals surface area contributed by atoms with Crippen LogP contribution in [-0.4, -0.2) is 16.7 Å². The predicted molar refractivity (Wildman–Crippen MR) is 79.6 cm³/mol. The van der Waals surface area contributed by atoms with Crippen LogP contribution >= 0.6 is 11.3 Å². The van der Waals surface area contributed by atoms with Gasteiger partial charge in [-0.3, -0.25) is 5.10 Å². The van der Waals surface area contributed by atoms with Gasteiger partial charge in [0, 0.05) is 23.4 Å². The summed E-state index contributed by atoms with van der Waals surface area (Å²) in [6.07, 6.45) is 2.91. The lowest BCUT2D eigenvalue weighted by molar-refractivity contribution is 0.745. The topological polar surface area (TPSA) is 57.9 Å². The zero-order valence-electron chi connectivity index (χ0n) is 10.4. The van der Waals surface area contributed by atoms with Crippen molar-refractivity contribution in [2.75, 3.05) is 17.2 Å². The van der Waals surface area contributed by atoms with Gasteiger partial charge in [-0.2, -0.15) is 5.10 Å². The number of hydrogen-bond acceptors (Lipinski definition) is 4. The molecular formula is C14H14N4S. The Bertz CT molecular complexity index is 743. The number of fused-ring (bicyclic) bond motifs is 2. The molecule has 4 nitrogen and oxygen atoms in total. The second-order valence-corrected chi connectivity index (χ2v) is 5.91. The van der Waals surface area contributed by atoms with Crippen molar-refractivity contribution < 1.29 is 0 Å². The van der Waals surface area contributed by atoms with Crippen LogP contribution in [0.5, 0.6) is 0 Å². The van der Waals surface area contributed by atoms with Gasteiger partial charge >= 0.3 is 0 Å². The standard InChI is InChI=1S/C14H14N4S/c15-11-5-10-7-16-17-12(10)6-13(11)18-3-1-14-9(8-18)2-4-19-14/h2,4-7H,1,3,8,15H2,(H,16,17). The molecule has 5 heteroatoms. The fourth-order valence-corrected chi connectivity index (χ4v) is 3.62. The Kier molecular flexibility index (Phi) is 2.29. The zero-order valence-corrected chi connectivity index (χ0v) is 11.2.